The Balaban J connectivity index is 1.10. The van der Waals surface area contributed by atoms with Crippen molar-refractivity contribution in [3.8, 4) is 11.5 Å². The summed E-state index contributed by atoms with van der Waals surface area (Å²) in [6.07, 6.45) is 2.59. The molecule has 2 unspecified atom stereocenters. The van der Waals surface area contributed by atoms with E-state index in [1.807, 2.05) is 12.1 Å². The first-order valence-corrected chi connectivity index (χ1v) is 11.3. The average Bonchev–Trinajstić information content (AvgIpc) is 3.75. The summed E-state index contributed by atoms with van der Waals surface area (Å²) in [5.74, 6) is 1.82. The third-order valence-electron chi connectivity index (χ3n) is 6.13. The molecule has 4 aromatic rings. The van der Waals surface area contributed by atoms with Crippen LogP contribution in [0.5, 0.6) is 11.5 Å². The quantitative estimate of drug-likeness (QED) is 0.339. The molecule has 0 radical (unpaired) electrons. The van der Waals surface area contributed by atoms with Gasteiger partial charge in [0.15, 0.2) is 0 Å². The van der Waals surface area contributed by atoms with Crippen LogP contribution in [0.25, 0.3) is 21.5 Å². The molecule has 0 aromatic heterocycles. The Morgan fingerprint density at radius 2 is 0.969 bits per heavy atom. The molecule has 4 aromatic carbocycles. The molecule has 0 amide bonds. The van der Waals surface area contributed by atoms with E-state index in [-0.39, 0.29) is 12.2 Å². The molecule has 4 nitrogen and oxygen atoms in total. The number of rotatable bonds is 9. The number of aryl methyl sites for hydroxylation is 2. The molecule has 2 fully saturated rings. The molecule has 0 N–H and O–H groups in total. The molecule has 6 rings (SSSR count). The molecular weight excluding hydrogens is 400 g/mol. The summed E-state index contributed by atoms with van der Waals surface area (Å²) in [7, 11) is 0. The zero-order chi connectivity index (χ0) is 21.3. The minimum absolute atomic E-state index is 0.279. The SMILES string of the molecule is c1cc2cc(OCC3CO3)ccc2cc1CCc1ccc2cc(OCC3CO3)ccc2c1. The number of epoxide rings is 2. The standard InChI is InChI=1S/C28H26O4/c1(19-3-5-23-13-25(9-7-21(23)11-19)29-15-27-17-31-27)2-20-4-6-24-14-26(10-8-22(24)12-20)30-16-28-18-32-28/h3-14,27-28H,1-2,15-18H2. The third kappa shape index (κ3) is 4.72. The molecular formula is C28H26O4. The van der Waals surface area contributed by atoms with E-state index in [4.69, 9.17) is 18.9 Å². The zero-order valence-corrected chi connectivity index (χ0v) is 18.0. The monoisotopic (exact) mass is 426 g/mol. The zero-order valence-electron chi connectivity index (χ0n) is 18.0. The van der Waals surface area contributed by atoms with Crippen LogP contribution in [0.2, 0.25) is 0 Å². The summed E-state index contributed by atoms with van der Waals surface area (Å²) in [4.78, 5) is 0. The van der Waals surface area contributed by atoms with Crippen molar-refractivity contribution in [1.82, 2.24) is 0 Å². The van der Waals surface area contributed by atoms with Gasteiger partial charge < -0.3 is 18.9 Å². The maximum Gasteiger partial charge on any atom is 0.120 e. The highest BCUT2D eigenvalue weighted by Crippen LogP contribution is 2.26. The highest BCUT2D eigenvalue weighted by Gasteiger charge is 2.23. The van der Waals surface area contributed by atoms with Crippen LogP contribution in [0, 0.1) is 0 Å². The molecule has 162 valence electrons. The van der Waals surface area contributed by atoms with Crippen molar-refractivity contribution < 1.29 is 18.9 Å². The van der Waals surface area contributed by atoms with Gasteiger partial charge in [0.25, 0.3) is 0 Å². The summed E-state index contributed by atoms with van der Waals surface area (Å²) in [5, 5.41) is 4.92. The molecule has 2 aliphatic rings. The summed E-state index contributed by atoms with van der Waals surface area (Å²) >= 11 is 0. The van der Waals surface area contributed by atoms with Gasteiger partial charge in [-0.15, -0.1) is 0 Å². The van der Waals surface area contributed by atoms with Crippen LogP contribution >= 0.6 is 0 Å². The topological polar surface area (TPSA) is 43.5 Å². The van der Waals surface area contributed by atoms with Gasteiger partial charge in [0.2, 0.25) is 0 Å². The molecule has 2 atom stereocenters. The molecule has 0 saturated carbocycles. The Morgan fingerprint density at radius 1 is 0.562 bits per heavy atom. The van der Waals surface area contributed by atoms with Gasteiger partial charge in [0, 0.05) is 0 Å². The van der Waals surface area contributed by atoms with Crippen LogP contribution < -0.4 is 9.47 Å². The fourth-order valence-corrected chi connectivity index (χ4v) is 4.03. The van der Waals surface area contributed by atoms with Gasteiger partial charge in [0.05, 0.1) is 13.2 Å². The molecule has 0 aliphatic carbocycles. The van der Waals surface area contributed by atoms with E-state index in [1.165, 1.54) is 32.7 Å². The minimum atomic E-state index is 0.279. The summed E-state index contributed by atoms with van der Waals surface area (Å²) in [6.45, 7) is 2.91. The first-order chi connectivity index (χ1) is 15.8. The van der Waals surface area contributed by atoms with Crippen molar-refractivity contribution in [3.63, 3.8) is 0 Å². The Hall–Kier alpha value is -3.08. The van der Waals surface area contributed by atoms with Crippen LogP contribution in [0.3, 0.4) is 0 Å². The van der Waals surface area contributed by atoms with Crippen LogP contribution in [-0.4, -0.2) is 38.6 Å². The van der Waals surface area contributed by atoms with Crippen LogP contribution in [0.15, 0.2) is 72.8 Å². The van der Waals surface area contributed by atoms with Crippen molar-refractivity contribution in [2.45, 2.75) is 25.0 Å². The molecule has 0 bridgehead atoms. The number of benzene rings is 4. The average molecular weight is 427 g/mol. The summed E-state index contributed by atoms with van der Waals surface area (Å²) in [5.41, 5.74) is 2.70. The van der Waals surface area contributed by atoms with Gasteiger partial charge >= 0.3 is 0 Å². The van der Waals surface area contributed by atoms with E-state index in [0.29, 0.717) is 13.2 Å². The van der Waals surface area contributed by atoms with E-state index in [2.05, 4.69) is 60.7 Å². The van der Waals surface area contributed by atoms with Crippen molar-refractivity contribution in [3.05, 3.63) is 83.9 Å². The maximum atomic E-state index is 5.80. The molecule has 32 heavy (non-hydrogen) atoms. The van der Waals surface area contributed by atoms with Crippen LogP contribution in [0.1, 0.15) is 11.1 Å². The predicted molar refractivity (Wildman–Crippen MR) is 126 cm³/mol. The fourth-order valence-electron chi connectivity index (χ4n) is 4.03. The Kier molecular flexibility index (Phi) is 5.18. The number of fused-ring (bicyclic) bond motifs is 2. The van der Waals surface area contributed by atoms with Gasteiger partial charge in [-0.3, -0.25) is 0 Å². The number of hydrogen-bond donors (Lipinski definition) is 0. The predicted octanol–water partition coefficient (Wildman–Crippen LogP) is 5.33. The molecule has 2 aliphatic heterocycles. The molecule has 0 spiro atoms. The Labute approximate surface area is 187 Å². The summed E-state index contributed by atoms with van der Waals surface area (Å²) < 4.78 is 22.0. The lowest BCUT2D eigenvalue weighted by molar-refractivity contribution is 0.263. The lowest BCUT2D eigenvalue weighted by Gasteiger charge is -2.09. The van der Waals surface area contributed by atoms with Crippen molar-refractivity contribution in [2.24, 2.45) is 0 Å². The van der Waals surface area contributed by atoms with E-state index in [9.17, 15) is 0 Å². The largest absolute Gasteiger partial charge is 0.491 e. The van der Waals surface area contributed by atoms with Crippen molar-refractivity contribution >= 4 is 21.5 Å². The van der Waals surface area contributed by atoms with Gasteiger partial charge in [-0.25, -0.2) is 0 Å². The smallest absolute Gasteiger partial charge is 0.120 e. The Morgan fingerprint density at radius 3 is 1.41 bits per heavy atom. The van der Waals surface area contributed by atoms with E-state index in [1.54, 1.807) is 0 Å². The lowest BCUT2D eigenvalue weighted by atomic mass is 9.99. The second-order valence-corrected chi connectivity index (χ2v) is 8.72. The van der Waals surface area contributed by atoms with Crippen molar-refractivity contribution in [1.29, 1.82) is 0 Å². The maximum absolute atomic E-state index is 5.80. The van der Waals surface area contributed by atoms with Crippen LogP contribution in [0.4, 0.5) is 0 Å². The lowest BCUT2D eigenvalue weighted by Crippen LogP contribution is -2.03. The van der Waals surface area contributed by atoms with E-state index < -0.39 is 0 Å². The first-order valence-electron chi connectivity index (χ1n) is 11.3. The minimum Gasteiger partial charge on any atom is -0.491 e. The van der Waals surface area contributed by atoms with E-state index >= 15 is 0 Å². The van der Waals surface area contributed by atoms with Gasteiger partial charge in [-0.05, 0) is 69.8 Å². The third-order valence-corrected chi connectivity index (χ3v) is 6.13. The first kappa shape index (κ1) is 19.6. The molecule has 2 heterocycles. The van der Waals surface area contributed by atoms with Gasteiger partial charge in [-0.1, -0.05) is 48.5 Å². The summed E-state index contributed by atoms with van der Waals surface area (Å²) in [6, 6.07) is 26.0. The second kappa shape index (κ2) is 8.45. The van der Waals surface area contributed by atoms with Gasteiger partial charge in [0.1, 0.15) is 36.9 Å². The second-order valence-electron chi connectivity index (χ2n) is 8.72. The Bertz CT molecular complexity index is 1160. The highest BCUT2D eigenvalue weighted by molar-refractivity contribution is 5.85. The normalized spacial score (nSPS) is 19.2. The van der Waals surface area contributed by atoms with Gasteiger partial charge in [-0.2, -0.15) is 0 Å². The highest BCUT2D eigenvalue weighted by atomic mass is 16.6. The molecule has 2 saturated heterocycles. The molecule has 4 heteroatoms. The fraction of sp³-hybridized carbons (Fsp3) is 0.286. The van der Waals surface area contributed by atoms with Crippen LogP contribution in [-0.2, 0) is 22.3 Å². The number of ether oxygens (including phenoxy) is 4. The number of hydrogen-bond acceptors (Lipinski definition) is 4. The van der Waals surface area contributed by atoms with E-state index in [0.717, 1.165) is 37.6 Å². The van der Waals surface area contributed by atoms with Crippen molar-refractivity contribution in [2.75, 3.05) is 26.4 Å².